The number of nitrogens with zero attached hydrogens (tertiary/aromatic N) is 1. The van der Waals surface area contributed by atoms with Crippen molar-refractivity contribution in [1.29, 1.82) is 0 Å². The van der Waals surface area contributed by atoms with Gasteiger partial charge in [0.15, 0.2) is 18.1 Å². The molecule has 0 atom stereocenters. The molecular weight excluding hydrogens is 482 g/mol. The summed E-state index contributed by atoms with van der Waals surface area (Å²) in [5.74, 6) is 0.745. The normalized spacial score (nSPS) is 10.5. The maximum absolute atomic E-state index is 12.5. The highest BCUT2D eigenvalue weighted by Crippen LogP contribution is 2.28. The van der Waals surface area contributed by atoms with Crippen LogP contribution in [0.3, 0.4) is 0 Å². The highest BCUT2D eigenvalue weighted by atomic mass is 35.5. The van der Waals surface area contributed by atoms with Crippen molar-refractivity contribution in [1.82, 2.24) is 5.43 Å². The molecule has 2 amide bonds. The quantitative estimate of drug-likeness (QED) is 0.202. The number of benzene rings is 3. The Kier molecular flexibility index (Phi) is 9.90. The van der Waals surface area contributed by atoms with Crippen molar-refractivity contribution in [3.05, 3.63) is 95.5 Å². The number of hydrogen-bond donors (Lipinski definition) is 2. The molecule has 0 heterocycles. The molecule has 0 aliphatic rings. The highest BCUT2D eigenvalue weighted by Gasteiger charge is 2.11. The monoisotopic (exact) mass is 507 g/mol. The first-order chi connectivity index (χ1) is 17.5. The van der Waals surface area contributed by atoms with Crippen molar-refractivity contribution >= 4 is 35.3 Å². The Hall–Kier alpha value is -4.30. The van der Waals surface area contributed by atoms with E-state index in [0.717, 1.165) is 0 Å². The molecule has 3 rings (SSSR count). The van der Waals surface area contributed by atoms with Crippen LogP contribution in [0.25, 0.3) is 0 Å². The van der Waals surface area contributed by atoms with Crippen LogP contribution in [0.5, 0.6) is 17.2 Å². The van der Waals surface area contributed by atoms with E-state index in [-0.39, 0.29) is 12.5 Å². The second-order valence-electron chi connectivity index (χ2n) is 7.31. The number of amides is 2. The van der Waals surface area contributed by atoms with Crippen LogP contribution in [0.1, 0.15) is 22.8 Å². The molecule has 0 saturated heterocycles. The smallest absolute Gasteiger partial charge is 0.271 e. The van der Waals surface area contributed by atoms with Gasteiger partial charge in [-0.2, -0.15) is 5.10 Å². The van der Waals surface area contributed by atoms with Crippen LogP contribution >= 0.6 is 11.6 Å². The Labute approximate surface area is 214 Å². The Bertz CT molecular complexity index is 1230. The van der Waals surface area contributed by atoms with Gasteiger partial charge in [-0.25, -0.2) is 5.43 Å². The van der Waals surface area contributed by atoms with E-state index in [1.165, 1.54) is 6.21 Å². The van der Waals surface area contributed by atoms with Crippen molar-refractivity contribution < 1.29 is 23.8 Å². The van der Waals surface area contributed by atoms with Gasteiger partial charge in [-0.05, 0) is 67.1 Å². The van der Waals surface area contributed by atoms with Crippen LogP contribution in [0, 0.1) is 0 Å². The van der Waals surface area contributed by atoms with Crippen molar-refractivity contribution in [2.45, 2.75) is 6.92 Å². The molecule has 0 bridgehead atoms. The number of ether oxygens (including phenoxy) is 3. The molecule has 0 unspecified atom stereocenters. The first kappa shape index (κ1) is 26.3. The van der Waals surface area contributed by atoms with Crippen LogP contribution in [-0.2, 0) is 4.79 Å². The Morgan fingerprint density at radius 1 is 1.00 bits per heavy atom. The average molecular weight is 508 g/mol. The fraction of sp³-hybridized carbons (Fsp3) is 0.148. The topological polar surface area (TPSA) is 98.3 Å². The number of halogens is 1. The molecule has 0 saturated carbocycles. The lowest BCUT2D eigenvalue weighted by Gasteiger charge is -2.12. The van der Waals surface area contributed by atoms with Gasteiger partial charge in [-0.1, -0.05) is 36.4 Å². The Morgan fingerprint density at radius 3 is 2.56 bits per heavy atom. The molecule has 2 N–H and O–H groups in total. The number of hydrazone groups is 1. The van der Waals surface area contributed by atoms with E-state index in [1.807, 2.05) is 6.92 Å². The summed E-state index contributed by atoms with van der Waals surface area (Å²) >= 11 is 5.84. The third-order valence-electron chi connectivity index (χ3n) is 4.60. The second kappa shape index (κ2) is 13.6. The number of anilines is 1. The summed E-state index contributed by atoms with van der Waals surface area (Å²) in [6, 6.07) is 18.6. The number of nitrogens with one attached hydrogen (secondary N) is 2. The highest BCUT2D eigenvalue weighted by molar-refractivity contribution is 6.30. The molecular formula is C27H26ClN3O5. The number of carbonyl (C=O) groups excluding carboxylic acids is 2. The van der Waals surface area contributed by atoms with Gasteiger partial charge in [-0.15, -0.1) is 0 Å². The summed E-state index contributed by atoms with van der Waals surface area (Å²) in [7, 11) is 0. The van der Waals surface area contributed by atoms with Gasteiger partial charge < -0.3 is 19.5 Å². The average Bonchev–Trinajstić information content (AvgIpc) is 2.88. The van der Waals surface area contributed by atoms with Crippen molar-refractivity contribution in [2.75, 3.05) is 25.1 Å². The van der Waals surface area contributed by atoms with Crippen LogP contribution in [-0.4, -0.2) is 37.8 Å². The van der Waals surface area contributed by atoms with Crippen LogP contribution in [0.4, 0.5) is 5.69 Å². The lowest BCUT2D eigenvalue weighted by atomic mass is 10.2. The van der Waals surface area contributed by atoms with E-state index >= 15 is 0 Å². The fourth-order valence-electron chi connectivity index (χ4n) is 2.98. The minimum atomic E-state index is -0.409. The number of carbonyl (C=O) groups is 2. The molecule has 0 spiro atoms. The minimum Gasteiger partial charge on any atom is -0.490 e. The maximum atomic E-state index is 12.5. The van der Waals surface area contributed by atoms with Gasteiger partial charge in [0.1, 0.15) is 12.4 Å². The van der Waals surface area contributed by atoms with Crippen LogP contribution in [0.15, 0.2) is 84.5 Å². The summed E-state index contributed by atoms with van der Waals surface area (Å²) in [6.45, 7) is 6.05. The van der Waals surface area contributed by atoms with Gasteiger partial charge in [0.25, 0.3) is 11.8 Å². The zero-order valence-corrected chi connectivity index (χ0v) is 20.5. The molecule has 0 aliphatic heterocycles. The van der Waals surface area contributed by atoms with Gasteiger partial charge in [0.2, 0.25) is 0 Å². The molecule has 36 heavy (non-hydrogen) atoms. The minimum absolute atomic E-state index is 0.172. The standard InChI is InChI=1S/C27H26ClN3O5/c1-3-14-35-24-13-8-20(16-25(24)34-4-2)27(33)31-29-17-19-6-5-7-23(15-19)36-18-26(32)30-22-11-9-21(28)10-12-22/h3,5-13,15-17H,1,4,14,18H2,2H3,(H,30,32)(H,31,33)/b29-17+. The number of rotatable bonds is 12. The first-order valence-corrected chi connectivity index (χ1v) is 11.5. The van der Waals surface area contributed by atoms with Gasteiger partial charge in [0, 0.05) is 16.3 Å². The molecule has 3 aromatic carbocycles. The largest absolute Gasteiger partial charge is 0.490 e. The molecule has 0 fully saturated rings. The Balaban J connectivity index is 1.54. The lowest BCUT2D eigenvalue weighted by molar-refractivity contribution is -0.118. The van der Waals surface area contributed by atoms with E-state index in [0.29, 0.717) is 52.3 Å². The predicted octanol–water partition coefficient (Wildman–Crippen LogP) is 5.08. The predicted molar refractivity (Wildman–Crippen MR) is 140 cm³/mol. The van der Waals surface area contributed by atoms with Gasteiger partial charge >= 0.3 is 0 Å². The molecule has 9 heteroatoms. The van der Waals surface area contributed by atoms with Crippen molar-refractivity contribution in [2.24, 2.45) is 5.10 Å². The van der Waals surface area contributed by atoms with Crippen LogP contribution in [0.2, 0.25) is 5.02 Å². The third-order valence-corrected chi connectivity index (χ3v) is 4.85. The summed E-state index contributed by atoms with van der Waals surface area (Å²) in [5.41, 5.74) is 4.15. The van der Waals surface area contributed by atoms with E-state index in [1.54, 1.807) is 72.8 Å². The molecule has 0 aromatic heterocycles. The van der Waals surface area contributed by atoms with Gasteiger partial charge in [-0.3, -0.25) is 9.59 Å². The summed E-state index contributed by atoms with van der Waals surface area (Å²) in [6.07, 6.45) is 3.10. The van der Waals surface area contributed by atoms with Crippen molar-refractivity contribution in [3.8, 4) is 17.2 Å². The molecule has 0 radical (unpaired) electrons. The molecule has 186 valence electrons. The summed E-state index contributed by atoms with van der Waals surface area (Å²) in [5, 5.41) is 7.32. The zero-order chi connectivity index (χ0) is 25.8. The van der Waals surface area contributed by atoms with E-state index < -0.39 is 5.91 Å². The molecule has 3 aromatic rings. The SMILES string of the molecule is C=CCOc1ccc(C(=O)N/N=C/c2cccc(OCC(=O)Nc3ccc(Cl)cc3)c2)cc1OCC. The van der Waals surface area contributed by atoms with Crippen molar-refractivity contribution in [3.63, 3.8) is 0 Å². The maximum Gasteiger partial charge on any atom is 0.271 e. The zero-order valence-electron chi connectivity index (χ0n) is 19.7. The Morgan fingerprint density at radius 2 is 1.81 bits per heavy atom. The van der Waals surface area contributed by atoms with E-state index in [9.17, 15) is 9.59 Å². The molecule has 0 aliphatic carbocycles. The van der Waals surface area contributed by atoms with E-state index in [2.05, 4.69) is 22.4 Å². The number of hydrogen-bond acceptors (Lipinski definition) is 6. The fourth-order valence-corrected chi connectivity index (χ4v) is 3.11. The summed E-state index contributed by atoms with van der Waals surface area (Å²) < 4.78 is 16.7. The molecule has 8 nitrogen and oxygen atoms in total. The van der Waals surface area contributed by atoms with Gasteiger partial charge in [0.05, 0.1) is 12.8 Å². The van der Waals surface area contributed by atoms with Crippen LogP contribution < -0.4 is 25.0 Å². The summed E-state index contributed by atoms with van der Waals surface area (Å²) in [4.78, 5) is 24.6. The second-order valence-corrected chi connectivity index (χ2v) is 7.75. The third kappa shape index (κ3) is 8.18. The lowest BCUT2D eigenvalue weighted by Crippen LogP contribution is -2.20. The first-order valence-electron chi connectivity index (χ1n) is 11.1. The van der Waals surface area contributed by atoms with E-state index in [4.69, 9.17) is 25.8 Å².